The Kier molecular flexibility index (Phi) is 4.91. The highest BCUT2D eigenvalue weighted by Crippen LogP contribution is 2.41. The lowest BCUT2D eigenvalue weighted by Gasteiger charge is -2.35. The van der Waals surface area contributed by atoms with E-state index in [2.05, 4.69) is 32.8 Å². The van der Waals surface area contributed by atoms with Crippen LogP contribution in [0.2, 0.25) is 0 Å². The van der Waals surface area contributed by atoms with Crippen LogP contribution in [0.3, 0.4) is 0 Å². The molecule has 1 aromatic rings. The van der Waals surface area contributed by atoms with E-state index in [9.17, 15) is 0 Å². The molecule has 3 rings (SSSR count). The van der Waals surface area contributed by atoms with E-state index in [1.807, 2.05) is 11.8 Å². The summed E-state index contributed by atoms with van der Waals surface area (Å²) in [5.41, 5.74) is 0.401. The van der Waals surface area contributed by atoms with E-state index in [1.54, 1.807) is 0 Å². The Bertz CT molecular complexity index is 423. The standard InChI is InChI=1S/C14H24N4S2/c19-10-14(8-4-1-5-9-14)11-20-13-15-16-17-18(13)12-6-2-3-7-12/h12,19H,1-11H2. The molecule has 1 aromatic heterocycles. The van der Waals surface area contributed by atoms with Crippen LogP contribution in [-0.2, 0) is 0 Å². The minimum Gasteiger partial charge on any atom is -0.217 e. The molecule has 1 heterocycles. The van der Waals surface area contributed by atoms with Gasteiger partial charge in [-0.3, -0.25) is 0 Å². The van der Waals surface area contributed by atoms with Crippen LogP contribution in [0.15, 0.2) is 5.16 Å². The summed E-state index contributed by atoms with van der Waals surface area (Å²) in [6.07, 6.45) is 11.8. The zero-order valence-electron chi connectivity index (χ0n) is 12.0. The van der Waals surface area contributed by atoms with Crippen molar-refractivity contribution in [1.82, 2.24) is 20.2 Å². The van der Waals surface area contributed by atoms with Gasteiger partial charge in [-0.1, -0.05) is 43.9 Å². The van der Waals surface area contributed by atoms with Gasteiger partial charge in [-0.25, -0.2) is 4.68 Å². The molecule has 2 aliphatic carbocycles. The van der Waals surface area contributed by atoms with Gasteiger partial charge in [0.2, 0.25) is 5.16 Å². The molecule has 0 amide bonds. The average molecular weight is 313 g/mol. The van der Waals surface area contributed by atoms with E-state index in [0.717, 1.165) is 16.7 Å². The summed E-state index contributed by atoms with van der Waals surface area (Å²) < 4.78 is 2.08. The molecule has 0 atom stereocenters. The zero-order valence-corrected chi connectivity index (χ0v) is 13.7. The van der Waals surface area contributed by atoms with Gasteiger partial charge in [0.1, 0.15) is 0 Å². The Hall–Kier alpha value is -0.230. The minimum atomic E-state index is 0.401. The van der Waals surface area contributed by atoms with Crippen LogP contribution < -0.4 is 0 Å². The molecule has 0 saturated heterocycles. The lowest BCUT2D eigenvalue weighted by molar-refractivity contribution is 0.258. The van der Waals surface area contributed by atoms with E-state index in [0.29, 0.717) is 11.5 Å². The molecule has 0 N–H and O–H groups in total. The third-order valence-corrected chi connectivity index (χ3v) is 6.84. The number of hydrogen-bond donors (Lipinski definition) is 1. The minimum absolute atomic E-state index is 0.401. The summed E-state index contributed by atoms with van der Waals surface area (Å²) in [5.74, 6) is 2.11. The quantitative estimate of drug-likeness (QED) is 0.664. The number of aromatic nitrogens is 4. The first-order valence-electron chi connectivity index (χ1n) is 7.85. The number of thioether (sulfide) groups is 1. The van der Waals surface area contributed by atoms with Crippen LogP contribution in [0.25, 0.3) is 0 Å². The van der Waals surface area contributed by atoms with E-state index < -0.39 is 0 Å². The van der Waals surface area contributed by atoms with Crippen molar-refractivity contribution in [2.24, 2.45) is 5.41 Å². The second kappa shape index (κ2) is 6.69. The Balaban J connectivity index is 1.64. The maximum atomic E-state index is 4.62. The average Bonchev–Trinajstić information content (AvgIpc) is 3.16. The van der Waals surface area contributed by atoms with Crippen LogP contribution >= 0.6 is 24.4 Å². The van der Waals surface area contributed by atoms with E-state index in [-0.39, 0.29) is 0 Å². The molecule has 112 valence electrons. The van der Waals surface area contributed by atoms with Crippen molar-refractivity contribution in [3.05, 3.63) is 0 Å². The zero-order chi connectivity index (χ0) is 13.8. The molecule has 2 saturated carbocycles. The predicted octanol–water partition coefficient (Wildman–Crippen LogP) is 3.76. The SMILES string of the molecule is SCC1(CSc2nnnn2C2CCCC2)CCCCC1. The van der Waals surface area contributed by atoms with Crippen molar-refractivity contribution < 1.29 is 0 Å². The molecule has 0 aromatic carbocycles. The second-order valence-corrected chi connectivity index (χ2v) is 7.61. The van der Waals surface area contributed by atoms with Crippen molar-refractivity contribution in [3.63, 3.8) is 0 Å². The molecule has 0 radical (unpaired) electrons. The van der Waals surface area contributed by atoms with Crippen molar-refractivity contribution in [2.75, 3.05) is 11.5 Å². The number of tetrazole rings is 1. The maximum absolute atomic E-state index is 4.62. The van der Waals surface area contributed by atoms with Crippen molar-refractivity contribution >= 4 is 24.4 Å². The lowest BCUT2D eigenvalue weighted by Crippen LogP contribution is -2.29. The van der Waals surface area contributed by atoms with Gasteiger partial charge in [0, 0.05) is 5.75 Å². The van der Waals surface area contributed by atoms with Crippen molar-refractivity contribution in [2.45, 2.75) is 69.0 Å². The highest BCUT2D eigenvalue weighted by molar-refractivity contribution is 7.99. The van der Waals surface area contributed by atoms with Gasteiger partial charge < -0.3 is 0 Å². The first kappa shape index (κ1) is 14.7. The van der Waals surface area contributed by atoms with Gasteiger partial charge in [0.05, 0.1) is 6.04 Å². The summed E-state index contributed by atoms with van der Waals surface area (Å²) in [6, 6.07) is 0.533. The Morgan fingerprint density at radius 1 is 1.15 bits per heavy atom. The van der Waals surface area contributed by atoms with E-state index >= 15 is 0 Å². The van der Waals surface area contributed by atoms with Gasteiger partial charge in [0.25, 0.3) is 0 Å². The van der Waals surface area contributed by atoms with Gasteiger partial charge in [0.15, 0.2) is 0 Å². The molecule has 2 aliphatic rings. The topological polar surface area (TPSA) is 43.6 Å². The number of rotatable bonds is 5. The first-order valence-corrected chi connectivity index (χ1v) is 9.46. The molecular weight excluding hydrogens is 288 g/mol. The van der Waals surface area contributed by atoms with Gasteiger partial charge in [-0.15, -0.1) is 5.10 Å². The normalized spacial score (nSPS) is 23.2. The second-order valence-electron chi connectivity index (χ2n) is 6.35. The summed E-state index contributed by atoms with van der Waals surface area (Å²) in [7, 11) is 0. The highest BCUT2D eigenvalue weighted by atomic mass is 32.2. The molecule has 0 spiro atoms. The summed E-state index contributed by atoms with van der Waals surface area (Å²) >= 11 is 6.47. The molecule has 0 bridgehead atoms. The van der Waals surface area contributed by atoms with Gasteiger partial charge in [-0.05, 0) is 47.3 Å². The maximum Gasteiger partial charge on any atom is 0.209 e. The summed E-state index contributed by atoms with van der Waals surface area (Å²) in [6.45, 7) is 0. The van der Waals surface area contributed by atoms with Crippen molar-refractivity contribution in [3.8, 4) is 0 Å². The highest BCUT2D eigenvalue weighted by Gasteiger charge is 2.32. The van der Waals surface area contributed by atoms with E-state index in [1.165, 1.54) is 57.8 Å². The Labute approximate surface area is 130 Å². The largest absolute Gasteiger partial charge is 0.217 e. The fourth-order valence-electron chi connectivity index (χ4n) is 3.53. The molecule has 20 heavy (non-hydrogen) atoms. The number of thiol groups is 1. The molecule has 2 fully saturated rings. The van der Waals surface area contributed by atoms with Crippen LogP contribution in [0, 0.1) is 5.41 Å². The third-order valence-electron chi connectivity index (χ3n) is 4.89. The first-order chi connectivity index (χ1) is 9.83. The molecule has 4 nitrogen and oxygen atoms in total. The molecule has 0 aliphatic heterocycles. The van der Waals surface area contributed by atoms with Crippen LogP contribution in [0.4, 0.5) is 0 Å². The molecule has 6 heteroatoms. The molecule has 0 unspecified atom stereocenters. The van der Waals surface area contributed by atoms with Gasteiger partial charge >= 0.3 is 0 Å². The number of nitrogens with zero attached hydrogens (tertiary/aromatic N) is 4. The van der Waals surface area contributed by atoms with Crippen molar-refractivity contribution in [1.29, 1.82) is 0 Å². The third kappa shape index (κ3) is 3.16. The van der Waals surface area contributed by atoms with E-state index in [4.69, 9.17) is 0 Å². The monoisotopic (exact) mass is 312 g/mol. The van der Waals surface area contributed by atoms with Crippen LogP contribution in [0.1, 0.15) is 63.8 Å². The lowest BCUT2D eigenvalue weighted by atomic mass is 9.77. The van der Waals surface area contributed by atoms with Crippen LogP contribution in [0.5, 0.6) is 0 Å². The predicted molar refractivity (Wildman–Crippen MR) is 85.4 cm³/mol. The number of hydrogen-bond acceptors (Lipinski definition) is 5. The summed E-state index contributed by atoms with van der Waals surface area (Å²) in [4.78, 5) is 0. The molecular formula is C14H24N4S2. The fourth-order valence-corrected chi connectivity index (χ4v) is 5.34. The Morgan fingerprint density at radius 3 is 2.60 bits per heavy atom. The Morgan fingerprint density at radius 2 is 1.90 bits per heavy atom. The summed E-state index contributed by atoms with van der Waals surface area (Å²) in [5, 5.41) is 13.4. The van der Waals surface area contributed by atoms with Gasteiger partial charge in [-0.2, -0.15) is 12.6 Å². The fraction of sp³-hybridized carbons (Fsp3) is 0.929. The van der Waals surface area contributed by atoms with Crippen LogP contribution in [-0.4, -0.2) is 31.7 Å². The smallest absolute Gasteiger partial charge is 0.209 e.